The SMILES string of the molecule is Cc1cc(-c2cc(C3CCCCC3)cc(C3CCCCC3)c2)ccc1-c1ccc(N(c2ccc(-c3cc(C(C)(C)C)cc(C(C)(C)C)c3)cc2)c2ccc3c(c2)C(C)(C)c2ccccc2-3)cc1. The lowest BCUT2D eigenvalue weighted by atomic mass is 9.78. The fraction of sp³-hybridized carbons (Fsp3) is 0.364. The molecule has 7 aromatic rings. The number of rotatable bonds is 8. The first-order valence-electron chi connectivity index (χ1n) is 25.8. The molecule has 0 atom stereocenters. The van der Waals surface area contributed by atoms with Gasteiger partial charge in [0.05, 0.1) is 0 Å². The average molecular weight is 880 g/mol. The molecule has 0 N–H and O–H groups in total. The van der Waals surface area contributed by atoms with E-state index in [1.807, 2.05) is 0 Å². The number of aryl methyl sites for hydroxylation is 1. The van der Waals surface area contributed by atoms with Gasteiger partial charge in [-0.2, -0.15) is 0 Å². The summed E-state index contributed by atoms with van der Waals surface area (Å²) in [5.74, 6) is 1.42. The van der Waals surface area contributed by atoms with E-state index in [-0.39, 0.29) is 16.2 Å². The highest BCUT2D eigenvalue weighted by molar-refractivity contribution is 5.86. The summed E-state index contributed by atoms with van der Waals surface area (Å²) < 4.78 is 0. The normalized spacial score (nSPS) is 16.4. The lowest BCUT2D eigenvalue weighted by Gasteiger charge is -2.29. The molecule has 67 heavy (non-hydrogen) atoms. The van der Waals surface area contributed by atoms with E-state index in [1.165, 1.54) is 142 Å². The van der Waals surface area contributed by atoms with Crippen LogP contribution in [-0.4, -0.2) is 0 Å². The topological polar surface area (TPSA) is 3.24 Å². The van der Waals surface area contributed by atoms with Gasteiger partial charge in [-0.1, -0.05) is 203 Å². The van der Waals surface area contributed by atoms with Crippen LogP contribution in [0.1, 0.15) is 170 Å². The maximum Gasteiger partial charge on any atom is 0.0465 e. The van der Waals surface area contributed by atoms with Crippen LogP contribution in [-0.2, 0) is 16.2 Å². The Hall–Kier alpha value is -5.66. The quantitative estimate of drug-likeness (QED) is 0.147. The van der Waals surface area contributed by atoms with Gasteiger partial charge in [-0.3, -0.25) is 0 Å². The minimum Gasteiger partial charge on any atom is -0.310 e. The first-order chi connectivity index (χ1) is 32.1. The standard InChI is InChI=1S/C66H73N/c1-44-36-49(52-38-50(45-18-12-10-13-19-45)37-51(39-52)46-20-14-11-15-21-46)28-34-59(44)48-26-31-57(32-27-48)67(58-33-35-61-60-22-16-17-23-62(60)66(8,9)63(61)43-58)56-29-24-47(25-30-56)53-40-54(64(2,3)4)42-55(41-53)65(5,6)7/h16-17,22-43,45-46H,10-15,18-21H2,1-9H3. The number of benzene rings is 7. The second-order valence-electron chi connectivity index (χ2n) is 23.2. The van der Waals surface area contributed by atoms with Crippen molar-refractivity contribution in [1.29, 1.82) is 0 Å². The van der Waals surface area contributed by atoms with E-state index in [0.29, 0.717) is 11.8 Å². The van der Waals surface area contributed by atoms with Gasteiger partial charge in [0.15, 0.2) is 0 Å². The van der Waals surface area contributed by atoms with E-state index in [0.717, 1.165) is 11.4 Å². The Kier molecular flexibility index (Phi) is 12.0. The van der Waals surface area contributed by atoms with Gasteiger partial charge in [0.25, 0.3) is 0 Å². The van der Waals surface area contributed by atoms with Gasteiger partial charge in [0, 0.05) is 22.5 Å². The smallest absolute Gasteiger partial charge is 0.0465 e. The maximum absolute atomic E-state index is 2.62. The third-order valence-corrected chi connectivity index (χ3v) is 16.1. The predicted molar refractivity (Wildman–Crippen MR) is 289 cm³/mol. The Morgan fingerprint density at radius 1 is 0.403 bits per heavy atom. The van der Waals surface area contributed by atoms with E-state index < -0.39 is 0 Å². The van der Waals surface area contributed by atoms with Crippen molar-refractivity contribution in [3.05, 3.63) is 185 Å². The Balaban J connectivity index is 1.01. The van der Waals surface area contributed by atoms with Crippen LogP contribution in [0.4, 0.5) is 17.1 Å². The number of fused-ring (bicyclic) bond motifs is 3. The number of nitrogens with zero attached hydrogens (tertiary/aromatic N) is 1. The zero-order valence-corrected chi connectivity index (χ0v) is 42.0. The summed E-state index contributed by atoms with van der Waals surface area (Å²) in [5, 5.41) is 0. The highest BCUT2D eigenvalue weighted by Gasteiger charge is 2.36. The zero-order chi connectivity index (χ0) is 46.7. The van der Waals surface area contributed by atoms with Gasteiger partial charge in [-0.25, -0.2) is 0 Å². The van der Waals surface area contributed by atoms with E-state index in [9.17, 15) is 0 Å². The minimum atomic E-state index is -0.0948. The molecule has 0 heterocycles. The summed E-state index contributed by atoms with van der Waals surface area (Å²) in [6.07, 6.45) is 13.6. The first-order valence-corrected chi connectivity index (χ1v) is 25.8. The van der Waals surface area contributed by atoms with E-state index in [4.69, 9.17) is 0 Å². The van der Waals surface area contributed by atoms with E-state index in [2.05, 4.69) is 213 Å². The van der Waals surface area contributed by atoms with Crippen molar-refractivity contribution in [2.75, 3.05) is 4.90 Å². The van der Waals surface area contributed by atoms with E-state index >= 15 is 0 Å². The fourth-order valence-corrected chi connectivity index (χ4v) is 11.9. The summed E-state index contributed by atoms with van der Waals surface area (Å²) in [6, 6.07) is 56.9. The van der Waals surface area contributed by atoms with Crippen LogP contribution in [0.25, 0.3) is 44.5 Å². The molecule has 0 radical (unpaired) electrons. The van der Waals surface area contributed by atoms with Crippen molar-refractivity contribution in [1.82, 2.24) is 0 Å². The second-order valence-corrected chi connectivity index (χ2v) is 23.2. The summed E-state index contributed by atoms with van der Waals surface area (Å²) in [5.41, 5.74) is 24.0. The highest BCUT2D eigenvalue weighted by Crippen LogP contribution is 2.51. The Morgan fingerprint density at radius 3 is 1.43 bits per heavy atom. The van der Waals surface area contributed by atoms with Crippen LogP contribution in [0, 0.1) is 6.92 Å². The Labute approximate surface area is 403 Å². The van der Waals surface area contributed by atoms with Crippen LogP contribution in [0.2, 0.25) is 0 Å². The zero-order valence-electron chi connectivity index (χ0n) is 42.0. The van der Waals surface area contributed by atoms with Crippen LogP contribution in [0.5, 0.6) is 0 Å². The maximum atomic E-state index is 2.62. The lowest BCUT2D eigenvalue weighted by molar-refractivity contribution is 0.435. The molecule has 0 spiro atoms. The number of hydrogen-bond acceptors (Lipinski definition) is 1. The third-order valence-electron chi connectivity index (χ3n) is 16.1. The molecule has 342 valence electrons. The van der Waals surface area contributed by atoms with Gasteiger partial charge in [-0.05, 0) is 175 Å². The van der Waals surface area contributed by atoms with Crippen molar-refractivity contribution < 1.29 is 0 Å². The molecule has 3 aliphatic rings. The average Bonchev–Trinajstić information content (AvgIpc) is 3.57. The number of hydrogen-bond donors (Lipinski definition) is 0. The first kappa shape index (κ1) is 45.1. The molecule has 1 heteroatoms. The highest BCUT2D eigenvalue weighted by atomic mass is 15.1. The van der Waals surface area contributed by atoms with Gasteiger partial charge < -0.3 is 4.90 Å². The molecule has 0 bridgehead atoms. The van der Waals surface area contributed by atoms with Crippen LogP contribution >= 0.6 is 0 Å². The fourth-order valence-electron chi connectivity index (χ4n) is 11.9. The van der Waals surface area contributed by atoms with Crippen molar-refractivity contribution >= 4 is 17.1 Å². The van der Waals surface area contributed by atoms with Crippen molar-refractivity contribution in [3.63, 3.8) is 0 Å². The molecule has 0 saturated heterocycles. The summed E-state index contributed by atoms with van der Waals surface area (Å²) >= 11 is 0. The molecule has 2 fully saturated rings. The van der Waals surface area contributed by atoms with Crippen LogP contribution < -0.4 is 4.90 Å². The molecule has 0 aliphatic heterocycles. The van der Waals surface area contributed by atoms with Gasteiger partial charge in [-0.15, -0.1) is 0 Å². The molecule has 2 saturated carbocycles. The number of anilines is 3. The molecule has 1 nitrogen and oxygen atoms in total. The van der Waals surface area contributed by atoms with Gasteiger partial charge in [0.2, 0.25) is 0 Å². The van der Waals surface area contributed by atoms with Crippen molar-refractivity contribution in [2.45, 2.75) is 155 Å². The lowest BCUT2D eigenvalue weighted by Crippen LogP contribution is -2.16. The molecule has 0 amide bonds. The largest absolute Gasteiger partial charge is 0.310 e. The second kappa shape index (κ2) is 17.8. The third kappa shape index (κ3) is 8.97. The molecule has 10 rings (SSSR count). The van der Waals surface area contributed by atoms with Crippen molar-refractivity contribution in [2.24, 2.45) is 0 Å². The van der Waals surface area contributed by atoms with Crippen LogP contribution in [0.3, 0.4) is 0 Å². The van der Waals surface area contributed by atoms with Crippen molar-refractivity contribution in [3.8, 4) is 44.5 Å². The monoisotopic (exact) mass is 880 g/mol. The Bertz CT molecular complexity index is 2830. The molecule has 0 unspecified atom stereocenters. The van der Waals surface area contributed by atoms with Gasteiger partial charge >= 0.3 is 0 Å². The van der Waals surface area contributed by atoms with E-state index in [1.54, 1.807) is 11.1 Å². The molecular weight excluding hydrogens is 807 g/mol. The predicted octanol–water partition coefficient (Wildman–Crippen LogP) is 19.5. The molecular formula is C66H73N. The summed E-state index contributed by atoms with van der Waals surface area (Å²) in [6.45, 7) is 21.0. The summed E-state index contributed by atoms with van der Waals surface area (Å²) in [4.78, 5) is 2.46. The Morgan fingerprint density at radius 2 is 0.881 bits per heavy atom. The molecule has 3 aliphatic carbocycles. The molecule has 0 aromatic heterocycles. The van der Waals surface area contributed by atoms with Crippen LogP contribution in [0.15, 0.2) is 146 Å². The minimum absolute atomic E-state index is 0.0544. The molecule has 7 aromatic carbocycles. The van der Waals surface area contributed by atoms with Gasteiger partial charge in [0.1, 0.15) is 0 Å². The summed E-state index contributed by atoms with van der Waals surface area (Å²) in [7, 11) is 0.